The summed E-state index contributed by atoms with van der Waals surface area (Å²) in [6.07, 6.45) is 0.623. The molecular weight excluding hydrogens is 248 g/mol. The molecule has 1 aliphatic rings. The predicted octanol–water partition coefficient (Wildman–Crippen LogP) is -0.423. The molecule has 0 bridgehead atoms. The van der Waals surface area contributed by atoms with E-state index in [0.29, 0.717) is 26.0 Å². The predicted molar refractivity (Wildman–Crippen MR) is 72.7 cm³/mol. The van der Waals surface area contributed by atoms with Crippen LogP contribution in [0.4, 0.5) is 0 Å². The molecule has 1 rings (SSSR count). The summed E-state index contributed by atoms with van der Waals surface area (Å²) in [6, 6.07) is -0.299. The van der Waals surface area contributed by atoms with Crippen LogP contribution in [0.15, 0.2) is 0 Å². The number of hydrogen-bond donors (Lipinski definition) is 4. The van der Waals surface area contributed by atoms with Crippen LogP contribution in [0.2, 0.25) is 0 Å². The highest BCUT2D eigenvalue weighted by atomic mass is 16.7. The molecule has 5 atom stereocenters. The molecular formula is C13H28N2O4. The van der Waals surface area contributed by atoms with Crippen molar-refractivity contribution in [1.82, 2.24) is 5.32 Å². The van der Waals surface area contributed by atoms with Crippen molar-refractivity contribution in [2.24, 2.45) is 5.73 Å². The molecule has 6 nitrogen and oxygen atoms in total. The van der Waals surface area contributed by atoms with Gasteiger partial charge in [0.25, 0.3) is 0 Å². The first kappa shape index (κ1) is 16.8. The Labute approximate surface area is 115 Å². The zero-order valence-electron chi connectivity index (χ0n) is 11.9. The van der Waals surface area contributed by atoms with E-state index in [1.807, 2.05) is 0 Å². The quantitative estimate of drug-likeness (QED) is 0.450. The Morgan fingerprint density at radius 2 is 2.26 bits per heavy atom. The first-order chi connectivity index (χ1) is 9.13. The van der Waals surface area contributed by atoms with Gasteiger partial charge in [0.2, 0.25) is 0 Å². The summed E-state index contributed by atoms with van der Waals surface area (Å²) in [7, 11) is 1.75. The summed E-state index contributed by atoms with van der Waals surface area (Å²) < 4.78 is 11.4. The van der Waals surface area contributed by atoms with E-state index < -0.39 is 24.6 Å². The van der Waals surface area contributed by atoms with Crippen LogP contribution in [-0.2, 0) is 9.47 Å². The summed E-state index contributed by atoms with van der Waals surface area (Å²) >= 11 is 0. The summed E-state index contributed by atoms with van der Waals surface area (Å²) in [6.45, 7) is 3.08. The normalized spacial score (nSPS) is 33.3. The molecule has 4 unspecified atom stereocenters. The minimum Gasteiger partial charge on any atom is -0.391 e. The molecule has 6 heteroatoms. The fourth-order valence-electron chi connectivity index (χ4n) is 2.37. The van der Waals surface area contributed by atoms with Gasteiger partial charge in [0, 0.05) is 13.0 Å². The lowest BCUT2D eigenvalue weighted by molar-refractivity contribution is -0.244. The molecule has 5 N–H and O–H groups in total. The molecule has 0 saturated carbocycles. The van der Waals surface area contributed by atoms with Gasteiger partial charge in [0.1, 0.15) is 6.10 Å². The Hall–Kier alpha value is -0.240. The number of ether oxygens (including phenoxy) is 2. The fraction of sp³-hybridized carbons (Fsp3) is 1.00. The maximum Gasteiger partial charge on any atom is 0.160 e. The van der Waals surface area contributed by atoms with Crippen LogP contribution in [0.3, 0.4) is 0 Å². The lowest BCUT2D eigenvalue weighted by Crippen LogP contribution is -2.59. The highest BCUT2D eigenvalue weighted by molar-refractivity contribution is 4.92. The van der Waals surface area contributed by atoms with Crippen molar-refractivity contribution in [2.75, 3.05) is 20.2 Å². The first-order valence-electron chi connectivity index (χ1n) is 7.14. The number of hydrogen-bond acceptors (Lipinski definition) is 6. The molecule has 0 amide bonds. The van der Waals surface area contributed by atoms with E-state index in [-0.39, 0.29) is 6.04 Å². The van der Waals surface area contributed by atoms with Gasteiger partial charge >= 0.3 is 0 Å². The van der Waals surface area contributed by atoms with Gasteiger partial charge < -0.3 is 30.7 Å². The molecule has 1 heterocycles. The van der Waals surface area contributed by atoms with Gasteiger partial charge in [-0.1, -0.05) is 13.3 Å². The van der Waals surface area contributed by atoms with E-state index in [9.17, 15) is 10.2 Å². The second-order valence-corrected chi connectivity index (χ2v) is 5.02. The Balaban J connectivity index is 2.57. The third-order valence-corrected chi connectivity index (χ3v) is 3.49. The van der Waals surface area contributed by atoms with Crippen molar-refractivity contribution < 1.29 is 19.7 Å². The van der Waals surface area contributed by atoms with E-state index in [0.717, 1.165) is 12.8 Å². The van der Waals surface area contributed by atoms with Crippen LogP contribution in [0.25, 0.3) is 0 Å². The SMILES string of the molecule is CCCCOC1CC(O)[C@@H](NC)C(C(O)CCN)O1. The monoisotopic (exact) mass is 276 g/mol. The van der Waals surface area contributed by atoms with E-state index in [1.165, 1.54) is 0 Å². The summed E-state index contributed by atoms with van der Waals surface area (Å²) in [5.41, 5.74) is 5.46. The number of likely N-dealkylation sites (N-methyl/N-ethyl adjacent to an activating group) is 1. The van der Waals surface area contributed by atoms with Crippen molar-refractivity contribution in [3.8, 4) is 0 Å². The smallest absolute Gasteiger partial charge is 0.160 e. The van der Waals surface area contributed by atoms with Crippen LogP contribution in [0.1, 0.15) is 32.6 Å². The average molecular weight is 276 g/mol. The van der Waals surface area contributed by atoms with Gasteiger partial charge in [0.05, 0.1) is 18.2 Å². The number of aliphatic hydroxyl groups excluding tert-OH is 2. The summed E-state index contributed by atoms with van der Waals surface area (Å²) in [5.74, 6) is 0. The van der Waals surface area contributed by atoms with Gasteiger partial charge in [-0.15, -0.1) is 0 Å². The van der Waals surface area contributed by atoms with Crippen LogP contribution < -0.4 is 11.1 Å². The molecule has 0 spiro atoms. The molecule has 19 heavy (non-hydrogen) atoms. The Morgan fingerprint density at radius 1 is 1.53 bits per heavy atom. The summed E-state index contributed by atoms with van der Waals surface area (Å²) in [5, 5.41) is 23.2. The second-order valence-electron chi connectivity index (χ2n) is 5.02. The summed E-state index contributed by atoms with van der Waals surface area (Å²) in [4.78, 5) is 0. The molecule has 1 aliphatic heterocycles. The van der Waals surface area contributed by atoms with Crippen molar-refractivity contribution in [3.05, 3.63) is 0 Å². The van der Waals surface area contributed by atoms with Crippen molar-refractivity contribution >= 4 is 0 Å². The number of nitrogens with one attached hydrogen (secondary N) is 1. The Morgan fingerprint density at radius 3 is 2.84 bits per heavy atom. The minimum absolute atomic E-state index is 0.299. The fourth-order valence-corrected chi connectivity index (χ4v) is 2.37. The van der Waals surface area contributed by atoms with E-state index in [2.05, 4.69) is 12.2 Å². The van der Waals surface area contributed by atoms with Crippen molar-refractivity contribution in [3.63, 3.8) is 0 Å². The lowest BCUT2D eigenvalue weighted by atomic mass is 9.93. The number of nitrogens with two attached hydrogens (primary N) is 1. The average Bonchev–Trinajstić information content (AvgIpc) is 2.38. The largest absolute Gasteiger partial charge is 0.391 e. The molecule has 0 aliphatic carbocycles. The number of rotatable bonds is 8. The topological polar surface area (TPSA) is 97.0 Å². The zero-order valence-corrected chi connectivity index (χ0v) is 11.9. The van der Waals surface area contributed by atoms with Crippen molar-refractivity contribution in [1.29, 1.82) is 0 Å². The standard InChI is InChI=1S/C13H28N2O4/c1-3-4-7-18-11-8-10(17)12(15-2)13(19-11)9(16)5-6-14/h9-13,15-17H,3-8,14H2,1-2H3/t9?,10?,11?,12-,13?/m1/s1. The highest BCUT2D eigenvalue weighted by Gasteiger charge is 2.40. The second kappa shape index (κ2) is 8.84. The number of unbranched alkanes of at least 4 members (excludes halogenated alkanes) is 1. The highest BCUT2D eigenvalue weighted by Crippen LogP contribution is 2.24. The maximum absolute atomic E-state index is 10.1. The van der Waals surface area contributed by atoms with Crippen molar-refractivity contribution in [2.45, 2.75) is 63.3 Å². The van der Waals surface area contributed by atoms with Gasteiger partial charge in [-0.3, -0.25) is 0 Å². The van der Waals surface area contributed by atoms with Gasteiger partial charge in [-0.2, -0.15) is 0 Å². The molecule has 1 saturated heterocycles. The van der Waals surface area contributed by atoms with Gasteiger partial charge in [-0.25, -0.2) is 0 Å². The van der Waals surface area contributed by atoms with E-state index >= 15 is 0 Å². The number of aliphatic hydroxyl groups is 2. The van der Waals surface area contributed by atoms with Crippen LogP contribution in [0.5, 0.6) is 0 Å². The molecule has 1 fully saturated rings. The maximum atomic E-state index is 10.1. The van der Waals surface area contributed by atoms with E-state index in [4.69, 9.17) is 15.2 Å². The minimum atomic E-state index is -0.699. The third kappa shape index (κ3) is 4.98. The van der Waals surface area contributed by atoms with Crippen LogP contribution in [-0.4, -0.2) is 61.1 Å². The zero-order chi connectivity index (χ0) is 14.3. The van der Waals surface area contributed by atoms with Gasteiger partial charge in [-0.05, 0) is 26.4 Å². The molecule has 0 radical (unpaired) electrons. The molecule has 0 aromatic heterocycles. The molecule has 0 aromatic carbocycles. The van der Waals surface area contributed by atoms with E-state index in [1.54, 1.807) is 7.05 Å². The molecule has 114 valence electrons. The van der Waals surface area contributed by atoms with Gasteiger partial charge in [0.15, 0.2) is 6.29 Å². The van der Waals surface area contributed by atoms with Crippen LogP contribution >= 0.6 is 0 Å². The third-order valence-electron chi connectivity index (χ3n) is 3.49. The Bertz CT molecular complexity index is 243. The van der Waals surface area contributed by atoms with Crippen LogP contribution in [0, 0.1) is 0 Å². The molecule has 0 aromatic rings. The Kier molecular flexibility index (Phi) is 7.82. The first-order valence-corrected chi connectivity index (χ1v) is 7.14. The lowest BCUT2D eigenvalue weighted by Gasteiger charge is -2.41.